The molecule has 0 amide bonds. The minimum absolute atomic E-state index is 0.0429. The number of hydrogen-bond acceptors (Lipinski definition) is 5. The maximum absolute atomic E-state index is 12.5. The van der Waals surface area contributed by atoms with E-state index >= 15 is 0 Å². The van der Waals surface area contributed by atoms with E-state index in [-0.39, 0.29) is 11.9 Å². The number of hydrogen-bond donors (Lipinski definition) is 0. The average Bonchev–Trinajstić information content (AvgIpc) is 2.93. The van der Waals surface area contributed by atoms with E-state index in [4.69, 9.17) is 4.74 Å². The number of carbonyl (C=O) groups is 1. The first-order valence-corrected chi connectivity index (χ1v) is 7.51. The van der Waals surface area contributed by atoms with Crippen molar-refractivity contribution in [2.24, 2.45) is 0 Å². The normalized spacial score (nSPS) is 11.0. The standard InChI is InChI=1S/C16H14N2O2S/c1-10(2)20-13-5-11(7-17-9-13)16(19)12-6-15-14(18-8-12)3-4-21-15/h3-10H,1-2H3. The number of nitrogens with zero attached hydrogens (tertiary/aromatic N) is 2. The molecule has 0 aromatic carbocycles. The Morgan fingerprint density at radius 3 is 2.81 bits per heavy atom. The summed E-state index contributed by atoms with van der Waals surface area (Å²) in [4.78, 5) is 20.9. The molecule has 21 heavy (non-hydrogen) atoms. The lowest BCUT2D eigenvalue weighted by Crippen LogP contribution is -2.08. The number of ketones is 1. The van der Waals surface area contributed by atoms with Gasteiger partial charge in [-0.25, -0.2) is 0 Å². The largest absolute Gasteiger partial charge is 0.489 e. The summed E-state index contributed by atoms with van der Waals surface area (Å²) in [5.41, 5.74) is 1.98. The fraction of sp³-hybridized carbons (Fsp3) is 0.188. The fourth-order valence-corrected chi connectivity index (χ4v) is 2.80. The molecular weight excluding hydrogens is 284 g/mol. The number of rotatable bonds is 4. The second-order valence-corrected chi connectivity index (χ2v) is 5.88. The molecule has 0 radical (unpaired) electrons. The van der Waals surface area contributed by atoms with E-state index in [0.717, 1.165) is 10.2 Å². The molecule has 0 fully saturated rings. The van der Waals surface area contributed by atoms with E-state index in [1.807, 2.05) is 31.4 Å². The van der Waals surface area contributed by atoms with Crippen molar-refractivity contribution >= 4 is 27.3 Å². The quantitative estimate of drug-likeness (QED) is 0.689. The Bertz CT molecular complexity index is 796. The van der Waals surface area contributed by atoms with Gasteiger partial charge in [-0.3, -0.25) is 14.8 Å². The highest BCUT2D eigenvalue weighted by atomic mass is 32.1. The molecule has 0 N–H and O–H groups in total. The number of carbonyl (C=O) groups excluding carboxylic acids is 1. The lowest BCUT2D eigenvalue weighted by molar-refractivity contribution is 0.103. The van der Waals surface area contributed by atoms with E-state index in [1.54, 1.807) is 36.0 Å². The molecule has 4 nitrogen and oxygen atoms in total. The van der Waals surface area contributed by atoms with Crippen LogP contribution in [0.2, 0.25) is 0 Å². The van der Waals surface area contributed by atoms with Gasteiger partial charge in [-0.15, -0.1) is 11.3 Å². The second kappa shape index (κ2) is 5.61. The van der Waals surface area contributed by atoms with E-state index in [0.29, 0.717) is 16.9 Å². The minimum Gasteiger partial charge on any atom is -0.489 e. The summed E-state index contributed by atoms with van der Waals surface area (Å²) in [5.74, 6) is 0.500. The fourth-order valence-electron chi connectivity index (χ4n) is 2.02. The van der Waals surface area contributed by atoms with Gasteiger partial charge in [-0.1, -0.05) is 0 Å². The van der Waals surface area contributed by atoms with Crippen LogP contribution in [0.25, 0.3) is 10.2 Å². The molecular formula is C16H14N2O2S. The zero-order valence-corrected chi connectivity index (χ0v) is 12.6. The van der Waals surface area contributed by atoms with Gasteiger partial charge in [-0.2, -0.15) is 0 Å². The second-order valence-electron chi connectivity index (χ2n) is 4.93. The van der Waals surface area contributed by atoms with Crippen molar-refractivity contribution in [2.45, 2.75) is 20.0 Å². The molecule has 3 rings (SSSR count). The van der Waals surface area contributed by atoms with Crippen LogP contribution in [0, 0.1) is 0 Å². The van der Waals surface area contributed by atoms with Crippen molar-refractivity contribution < 1.29 is 9.53 Å². The Hall–Kier alpha value is -2.27. The maximum Gasteiger partial charge on any atom is 0.196 e. The SMILES string of the molecule is CC(C)Oc1cncc(C(=O)c2cnc3ccsc3c2)c1. The molecule has 0 atom stereocenters. The molecule has 0 aliphatic heterocycles. The number of fused-ring (bicyclic) bond motifs is 1. The monoisotopic (exact) mass is 298 g/mol. The number of thiophene rings is 1. The lowest BCUT2D eigenvalue weighted by Gasteiger charge is -2.09. The first-order valence-electron chi connectivity index (χ1n) is 6.63. The summed E-state index contributed by atoms with van der Waals surface area (Å²) >= 11 is 1.57. The lowest BCUT2D eigenvalue weighted by atomic mass is 10.1. The maximum atomic E-state index is 12.5. The highest BCUT2D eigenvalue weighted by Crippen LogP contribution is 2.22. The van der Waals surface area contributed by atoms with Crippen LogP contribution < -0.4 is 4.74 Å². The summed E-state index contributed by atoms with van der Waals surface area (Å²) in [6.07, 6.45) is 4.81. The van der Waals surface area contributed by atoms with Crippen molar-refractivity contribution in [3.8, 4) is 5.75 Å². The van der Waals surface area contributed by atoms with Gasteiger partial charge in [-0.05, 0) is 37.4 Å². The number of pyridine rings is 2. The van der Waals surface area contributed by atoms with Crippen molar-refractivity contribution in [1.82, 2.24) is 9.97 Å². The first-order chi connectivity index (χ1) is 10.1. The summed E-state index contributed by atoms with van der Waals surface area (Å²) in [7, 11) is 0. The summed E-state index contributed by atoms with van der Waals surface area (Å²) < 4.78 is 6.57. The first kappa shape index (κ1) is 13.7. The molecule has 0 aliphatic rings. The zero-order valence-electron chi connectivity index (χ0n) is 11.7. The van der Waals surface area contributed by atoms with Gasteiger partial charge in [0.15, 0.2) is 5.78 Å². The molecule has 0 aliphatic carbocycles. The summed E-state index contributed by atoms with van der Waals surface area (Å²) in [6, 6.07) is 5.52. The van der Waals surface area contributed by atoms with Gasteiger partial charge in [0.05, 0.1) is 22.5 Å². The Kier molecular flexibility index (Phi) is 3.66. The Morgan fingerprint density at radius 1 is 1.19 bits per heavy atom. The Morgan fingerprint density at radius 2 is 2.00 bits per heavy atom. The topological polar surface area (TPSA) is 52.1 Å². The molecule has 3 aromatic heterocycles. The van der Waals surface area contributed by atoms with Crippen LogP contribution in [0.5, 0.6) is 5.75 Å². The smallest absolute Gasteiger partial charge is 0.196 e. The minimum atomic E-state index is -0.0977. The Labute approximate surface area is 126 Å². The number of aromatic nitrogens is 2. The molecule has 0 bridgehead atoms. The summed E-state index contributed by atoms with van der Waals surface area (Å²) in [5, 5.41) is 1.96. The molecule has 0 spiro atoms. The van der Waals surface area contributed by atoms with Gasteiger partial charge in [0.1, 0.15) is 5.75 Å². The van der Waals surface area contributed by atoms with Gasteiger partial charge >= 0.3 is 0 Å². The Balaban J connectivity index is 1.93. The highest BCUT2D eigenvalue weighted by Gasteiger charge is 2.12. The third-order valence-corrected chi connectivity index (χ3v) is 3.77. The van der Waals surface area contributed by atoms with Gasteiger partial charge in [0, 0.05) is 23.5 Å². The molecule has 0 unspecified atom stereocenters. The van der Waals surface area contributed by atoms with Crippen LogP contribution >= 0.6 is 11.3 Å². The van der Waals surface area contributed by atoms with Crippen LogP contribution in [0.15, 0.2) is 42.2 Å². The number of ether oxygens (including phenoxy) is 1. The molecule has 5 heteroatoms. The van der Waals surface area contributed by atoms with Crippen LogP contribution in [0.4, 0.5) is 0 Å². The van der Waals surface area contributed by atoms with Crippen LogP contribution in [-0.4, -0.2) is 21.9 Å². The van der Waals surface area contributed by atoms with Gasteiger partial charge in [0.25, 0.3) is 0 Å². The van der Waals surface area contributed by atoms with Crippen LogP contribution in [0.3, 0.4) is 0 Å². The van der Waals surface area contributed by atoms with Crippen LogP contribution in [0.1, 0.15) is 29.8 Å². The van der Waals surface area contributed by atoms with Crippen molar-refractivity contribution in [1.29, 1.82) is 0 Å². The third-order valence-electron chi connectivity index (χ3n) is 2.91. The van der Waals surface area contributed by atoms with Crippen molar-refractivity contribution in [2.75, 3.05) is 0 Å². The van der Waals surface area contributed by atoms with E-state index in [2.05, 4.69) is 9.97 Å². The highest BCUT2D eigenvalue weighted by molar-refractivity contribution is 7.17. The van der Waals surface area contributed by atoms with E-state index in [9.17, 15) is 4.79 Å². The van der Waals surface area contributed by atoms with Crippen molar-refractivity contribution in [3.05, 3.63) is 53.3 Å². The van der Waals surface area contributed by atoms with Gasteiger partial charge < -0.3 is 4.74 Å². The van der Waals surface area contributed by atoms with Crippen LogP contribution in [-0.2, 0) is 0 Å². The molecule has 106 valence electrons. The van der Waals surface area contributed by atoms with E-state index in [1.165, 1.54) is 0 Å². The molecule has 3 aromatic rings. The predicted octanol–water partition coefficient (Wildman–Crippen LogP) is 3.71. The average molecular weight is 298 g/mol. The molecule has 3 heterocycles. The predicted molar refractivity (Wildman–Crippen MR) is 83.1 cm³/mol. The van der Waals surface area contributed by atoms with E-state index < -0.39 is 0 Å². The molecule has 0 saturated heterocycles. The summed E-state index contributed by atoms with van der Waals surface area (Å²) in [6.45, 7) is 3.87. The van der Waals surface area contributed by atoms with Crippen molar-refractivity contribution in [3.63, 3.8) is 0 Å². The third kappa shape index (κ3) is 2.92. The van der Waals surface area contributed by atoms with Gasteiger partial charge in [0.2, 0.25) is 0 Å². The zero-order chi connectivity index (χ0) is 14.8. The molecule has 0 saturated carbocycles.